The molecule has 384 valence electrons. The highest BCUT2D eigenvalue weighted by Gasteiger charge is 2.64. The van der Waals surface area contributed by atoms with Crippen LogP contribution in [0.2, 0.25) is 0 Å². The average Bonchev–Trinajstić information content (AvgIpc) is 3.94. The lowest BCUT2D eigenvalue weighted by Gasteiger charge is -2.44. The molecular weight excluding hydrogens is 991 g/mol. The molecule has 12 N–H and O–H groups in total. The Morgan fingerprint density at radius 3 is 1.35 bits per heavy atom. The Balaban J connectivity index is 1.19. The van der Waals surface area contributed by atoms with E-state index in [1.54, 1.807) is 120 Å². The van der Waals surface area contributed by atoms with Gasteiger partial charge < -0.3 is 52.5 Å². The molecule has 4 aliphatic heterocycles. The van der Waals surface area contributed by atoms with Gasteiger partial charge in [0, 0.05) is 14.2 Å². The highest BCUT2D eigenvalue weighted by molar-refractivity contribution is 8.02. The van der Waals surface area contributed by atoms with Gasteiger partial charge in [-0.05, 0) is 58.2 Å². The molecule has 0 radical (unpaired) electrons. The fourth-order valence-corrected chi connectivity index (χ4v) is 13.8. The summed E-state index contributed by atoms with van der Waals surface area (Å²) in [5.41, 5.74) is 7.23. The Morgan fingerprint density at radius 2 is 0.944 bits per heavy atom. The van der Waals surface area contributed by atoms with Gasteiger partial charge in [-0.3, -0.25) is 49.0 Å². The number of nitrogens with two attached hydrogens (primary N) is 1. The lowest BCUT2D eigenvalue weighted by molar-refractivity contribution is -0.161. The third-order valence-corrected chi connectivity index (χ3v) is 17.5. The Kier molecular flexibility index (Phi) is 15.7. The first kappa shape index (κ1) is 53.6. The van der Waals surface area contributed by atoms with E-state index in [9.17, 15) is 58.5 Å². The molecular formula is C48H57N9O12S3. The topological polar surface area (TPSA) is 328 Å². The number of carbonyl (C=O) groups excluding carboxylic acids is 6. The Labute approximate surface area is 427 Å². The molecule has 3 aromatic carbocycles. The standard InChI is InChI=1S/C48H57N9O12S3/c1-46(2)31(43(64)65)55-39(70-46)28(52-34(58)25(49)22-16-10-7-11-17-22)37(61)50-26(23-18-12-8-13-19-23)35(59)53-29(40-56-32(44(66)67)47(3,4)71-40)38(62)51-27(24-20-14-9-15-21-24)36(60)54-30-41(63)57-33(45(68)69)48(5,6)72-42(30)57/h7-21,25-33,39-40,42,55-56H,49H2,1-6H3,(H,50,61)(H,51,62)(H,52,58)(H,53,59)(H,54,60)(H,64,65)(H,66,67)(H,68,69)/t25?,26?,27?,28?,29?,30?,31?,32?,33-,39?,40?,42+/m0/s1. The Bertz CT molecular complexity index is 2610. The number of nitrogens with zero attached hydrogens (tertiary/aromatic N) is 1. The minimum atomic E-state index is -1.68. The lowest BCUT2D eigenvalue weighted by Crippen LogP contribution is -2.71. The predicted molar refractivity (Wildman–Crippen MR) is 268 cm³/mol. The van der Waals surface area contributed by atoms with Crippen molar-refractivity contribution in [3.05, 3.63) is 108 Å². The van der Waals surface area contributed by atoms with Crippen LogP contribution in [-0.2, 0) is 43.2 Å². The number of aliphatic carboxylic acids is 3. The largest absolute Gasteiger partial charge is 0.480 e. The minimum Gasteiger partial charge on any atom is -0.480 e. The van der Waals surface area contributed by atoms with Crippen molar-refractivity contribution < 1.29 is 58.5 Å². The number of rotatable bonds is 18. The van der Waals surface area contributed by atoms with E-state index in [0.29, 0.717) is 5.56 Å². The summed E-state index contributed by atoms with van der Waals surface area (Å²) in [7, 11) is 0. The maximum absolute atomic E-state index is 15.0. The smallest absolute Gasteiger partial charge is 0.327 e. The van der Waals surface area contributed by atoms with E-state index in [1.165, 1.54) is 28.8 Å². The van der Waals surface area contributed by atoms with Gasteiger partial charge in [-0.15, -0.1) is 35.3 Å². The van der Waals surface area contributed by atoms with E-state index in [0.717, 1.165) is 23.5 Å². The van der Waals surface area contributed by atoms with Crippen LogP contribution in [0.25, 0.3) is 0 Å². The predicted octanol–water partition coefficient (Wildman–Crippen LogP) is 0.791. The number of fused-ring (bicyclic) bond motifs is 1. The number of carboxylic acids is 3. The van der Waals surface area contributed by atoms with Gasteiger partial charge in [-0.2, -0.15) is 0 Å². The quantitative estimate of drug-likeness (QED) is 0.0785. The molecule has 72 heavy (non-hydrogen) atoms. The van der Waals surface area contributed by atoms with Crippen molar-refractivity contribution in [3.8, 4) is 0 Å². The Morgan fingerprint density at radius 1 is 0.542 bits per heavy atom. The number of hydrogen-bond donors (Lipinski definition) is 11. The first-order chi connectivity index (χ1) is 33.8. The summed E-state index contributed by atoms with van der Waals surface area (Å²) in [5.74, 6) is -8.81. The number of hydrogen-bond acceptors (Lipinski definition) is 15. The zero-order valence-electron chi connectivity index (χ0n) is 39.9. The second-order valence-electron chi connectivity index (χ2n) is 19.3. The van der Waals surface area contributed by atoms with Crippen molar-refractivity contribution in [3.63, 3.8) is 0 Å². The van der Waals surface area contributed by atoms with Gasteiger partial charge in [0.25, 0.3) is 0 Å². The molecule has 3 aromatic rings. The number of thioether (sulfide) groups is 3. The third kappa shape index (κ3) is 11.1. The molecule has 4 fully saturated rings. The molecule has 21 nitrogen and oxygen atoms in total. The minimum absolute atomic E-state index is 0.207. The summed E-state index contributed by atoms with van der Waals surface area (Å²) in [6.07, 6.45) is 0. The lowest BCUT2D eigenvalue weighted by atomic mass is 9.95. The summed E-state index contributed by atoms with van der Waals surface area (Å²) in [4.78, 5) is 125. The second-order valence-corrected chi connectivity index (χ2v) is 24.7. The first-order valence-corrected chi connectivity index (χ1v) is 25.4. The maximum Gasteiger partial charge on any atom is 0.327 e. The monoisotopic (exact) mass is 1050 g/mol. The molecule has 4 saturated heterocycles. The highest BCUT2D eigenvalue weighted by atomic mass is 32.2. The third-order valence-electron chi connectivity index (χ3n) is 13.0. The van der Waals surface area contributed by atoms with Crippen molar-refractivity contribution in [2.75, 3.05) is 0 Å². The van der Waals surface area contributed by atoms with Crippen molar-refractivity contribution in [2.24, 2.45) is 5.73 Å². The van der Waals surface area contributed by atoms with E-state index >= 15 is 0 Å². The molecule has 0 aliphatic carbocycles. The zero-order valence-corrected chi connectivity index (χ0v) is 42.3. The van der Waals surface area contributed by atoms with Crippen LogP contribution in [0.4, 0.5) is 0 Å². The fraction of sp³-hybridized carbons (Fsp3) is 0.438. The summed E-state index contributed by atoms with van der Waals surface area (Å²) in [6, 6.07) is 11.9. The maximum atomic E-state index is 15.0. The molecule has 0 saturated carbocycles. The van der Waals surface area contributed by atoms with E-state index in [4.69, 9.17) is 5.73 Å². The van der Waals surface area contributed by atoms with Crippen LogP contribution < -0.4 is 43.0 Å². The summed E-state index contributed by atoms with van der Waals surface area (Å²) < 4.78 is -2.96. The van der Waals surface area contributed by atoms with Crippen LogP contribution in [0.1, 0.15) is 76.4 Å². The molecule has 6 amide bonds. The molecule has 10 unspecified atom stereocenters. The van der Waals surface area contributed by atoms with Crippen LogP contribution in [0.5, 0.6) is 0 Å². The number of benzene rings is 3. The van der Waals surface area contributed by atoms with Gasteiger partial charge in [0.15, 0.2) is 0 Å². The number of nitrogens with one attached hydrogen (secondary N) is 7. The summed E-state index contributed by atoms with van der Waals surface area (Å²) in [5, 5.41) is 46.6. The first-order valence-electron chi connectivity index (χ1n) is 22.8. The van der Waals surface area contributed by atoms with Crippen LogP contribution in [0, 0.1) is 0 Å². The van der Waals surface area contributed by atoms with Gasteiger partial charge in [-0.1, -0.05) is 91.0 Å². The van der Waals surface area contributed by atoms with Crippen molar-refractivity contribution in [2.45, 2.75) is 126 Å². The van der Waals surface area contributed by atoms with Crippen LogP contribution >= 0.6 is 35.3 Å². The van der Waals surface area contributed by atoms with E-state index < -0.39 is 138 Å². The molecule has 0 aromatic heterocycles. The molecule has 0 bridgehead atoms. The van der Waals surface area contributed by atoms with Gasteiger partial charge in [-0.25, -0.2) is 4.79 Å². The highest BCUT2D eigenvalue weighted by Crippen LogP contribution is 2.51. The summed E-state index contributed by atoms with van der Waals surface area (Å²) in [6.45, 7) is 9.95. The molecule has 24 heteroatoms. The van der Waals surface area contributed by atoms with Crippen LogP contribution in [0.3, 0.4) is 0 Å². The van der Waals surface area contributed by atoms with Crippen LogP contribution in [0.15, 0.2) is 91.0 Å². The van der Waals surface area contributed by atoms with Gasteiger partial charge in [0.2, 0.25) is 35.4 Å². The number of carbonyl (C=O) groups is 9. The van der Waals surface area contributed by atoms with Gasteiger partial charge >= 0.3 is 17.9 Å². The zero-order chi connectivity index (χ0) is 52.6. The SMILES string of the molecule is CC1(C)SC(C(NC(=O)C(N)c2ccccc2)C(=O)NC(C(=O)NC(C(=O)NC(C(=O)NC2C(=O)N3[C@@H]2SC(C)(C)[C@@H]3C(=O)O)c2ccccc2)C2NC(C(=O)O)C(C)(C)S2)c2ccccc2)NC1C(=O)O. The van der Waals surface area contributed by atoms with E-state index in [-0.39, 0.29) is 11.1 Å². The van der Waals surface area contributed by atoms with Crippen molar-refractivity contribution in [1.29, 1.82) is 0 Å². The van der Waals surface area contributed by atoms with Crippen molar-refractivity contribution >= 4 is 88.6 Å². The molecule has 4 heterocycles. The summed E-state index contributed by atoms with van der Waals surface area (Å²) >= 11 is 3.31. The van der Waals surface area contributed by atoms with E-state index in [1.807, 2.05) is 0 Å². The molecule has 4 aliphatic rings. The second kappa shape index (κ2) is 21.1. The molecule has 7 rings (SSSR count). The number of amides is 6. The van der Waals surface area contributed by atoms with E-state index in [2.05, 4.69) is 37.2 Å². The molecule has 12 atom stereocenters. The van der Waals surface area contributed by atoms with Gasteiger partial charge in [0.1, 0.15) is 59.8 Å². The molecule has 0 spiro atoms. The van der Waals surface area contributed by atoms with Gasteiger partial charge in [0.05, 0.1) is 10.7 Å². The van der Waals surface area contributed by atoms with Crippen LogP contribution in [-0.4, -0.2) is 140 Å². The Hall–Kier alpha value is -6.18. The van der Waals surface area contributed by atoms with Crippen molar-refractivity contribution in [1.82, 2.24) is 42.1 Å². The number of β-lactam (4-membered cyclic amide) rings is 1. The average molecular weight is 1050 g/mol. The number of carboxylic acid groups (broad SMARTS) is 3. The fourth-order valence-electron chi connectivity index (χ4n) is 9.24. The normalized spacial score (nSPS) is 26.5.